The van der Waals surface area contributed by atoms with E-state index in [9.17, 15) is 5.11 Å². The molecule has 1 aliphatic rings. The minimum atomic E-state index is -0.413. The van der Waals surface area contributed by atoms with E-state index in [0.717, 1.165) is 11.4 Å². The second-order valence-electron chi connectivity index (χ2n) is 3.97. The Morgan fingerprint density at radius 1 is 1.57 bits per heavy atom. The number of nitrogens with zero attached hydrogens (tertiary/aromatic N) is 2. The normalized spacial score (nSPS) is 17.9. The van der Waals surface area contributed by atoms with Crippen molar-refractivity contribution in [3.63, 3.8) is 0 Å². The fourth-order valence-corrected chi connectivity index (χ4v) is 1.54. The minimum absolute atomic E-state index is 0.413. The number of aliphatic hydroxyl groups is 1. The molecule has 1 heterocycles. The highest BCUT2D eigenvalue weighted by molar-refractivity contribution is 5.43. The molecule has 0 bridgehead atoms. The maximum absolute atomic E-state index is 9.44. The molecular formula is C11H16N2O. The zero-order chi connectivity index (χ0) is 10.1. The molecule has 0 aromatic carbocycles. The third-order valence-electron chi connectivity index (χ3n) is 2.71. The average molecular weight is 192 g/mol. The van der Waals surface area contributed by atoms with Crippen LogP contribution in [0.5, 0.6) is 0 Å². The van der Waals surface area contributed by atoms with Crippen molar-refractivity contribution in [2.75, 3.05) is 11.9 Å². The van der Waals surface area contributed by atoms with Gasteiger partial charge in [-0.15, -0.1) is 0 Å². The predicted molar refractivity (Wildman–Crippen MR) is 56.3 cm³/mol. The zero-order valence-corrected chi connectivity index (χ0v) is 8.64. The molecular weight excluding hydrogens is 176 g/mol. The first kappa shape index (κ1) is 9.46. The molecule has 1 aromatic rings. The predicted octanol–water partition coefficient (Wildman–Crippen LogP) is 1.73. The highest BCUT2D eigenvalue weighted by atomic mass is 16.3. The Morgan fingerprint density at radius 2 is 2.29 bits per heavy atom. The van der Waals surface area contributed by atoms with Crippen molar-refractivity contribution in [3.8, 4) is 0 Å². The molecule has 3 nitrogen and oxygen atoms in total. The van der Waals surface area contributed by atoms with Gasteiger partial charge in [-0.2, -0.15) is 0 Å². The van der Waals surface area contributed by atoms with Gasteiger partial charge in [0.1, 0.15) is 5.82 Å². The summed E-state index contributed by atoms with van der Waals surface area (Å²) < 4.78 is 0. The number of hydrogen-bond donors (Lipinski definition) is 1. The summed E-state index contributed by atoms with van der Waals surface area (Å²) in [4.78, 5) is 6.48. The van der Waals surface area contributed by atoms with Crippen LogP contribution in [0.15, 0.2) is 18.3 Å². The van der Waals surface area contributed by atoms with Crippen LogP contribution in [0.1, 0.15) is 31.4 Å². The van der Waals surface area contributed by atoms with Crippen LogP contribution in [-0.2, 0) is 0 Å². The minimum Gasteiger partial charge on any atom is -0.389 e. The average Bonchev–Trinajstić information content (AvgIpc) is 3.00. The molecule has 1 saturated carbocycles. The molecule has 1 N–H and O–H groups in total. The molecule has 0 amide bonds. The van der Waals surface area contributed by atoms with Crippen LogP contribution in [0.4, 0.5) is 5.82 Å². The second kappa shape index (κ2) is 3.58. The molecule has 1 aromatic heterocycles. The monoisotopic (exact) mass is 192 g/mol. The van der Waals surface area contributed by atoms with Gasteiger partial charge in [-0.3, -0.25) is 0 Å². The fourth-order valence-electron chi connectivity index (χ4n) is 1.54. The van der Waals surface area contributed by atoms with E-state index in [1.165, 1.54) is 12.8 Å². The number of aromatic nitrogens is 1. The Labute approximate surface area is 84.4 Å². The molecule has 0 aliphatic heterocycles. The highest BCUT2D eigenvalue weighted by Gasteiger charge is 2.27. The van der Waals surface area contributed by atoms with E-state index in [-0.39, 0.29) is 0 Å². The summed E-state index contributed by atoms with van der Waals surface area (Å²) in [6.07, 6.45) is 3.87. The highest BCUT2D eigenvalue weighted by Crippen LogP contribution is 2.29. The van der Waals surface area contributed by atoms with E-state index < -0.39 is 6.10 Å². The van der Waals surface area contributed by atoms with Crippen molar-refractivity contribution in [2.24, 2.45) is 0 Å². The van der Waals surface area contributed by atoms with Gasteiger partial charge in [-0.1, -0.05) is 0 Å². The fraction of sp³-hybridized carbons (Fsp3) is 0.545. The molecule has 0 saturated heterocycles. The summed E-state index contributed by atoms with van der Waals surface area (Å²) in [5.74, 6) is 0.964. The van der Waals surface area contributed by atoms with Crippen molar-refractivity contribution in [1.82, 2.24) is 4.98 Å². The van der Waals surface area contributed by atoms with Crippen molar-refractivity contribution < 1.29 is 5.11 Å². The van der Waals surface area contributed by atoms with Crippen molar-refractivity contribution in [2.45, 2.75) is 31.9 Å². The molecule has 0 radical (unpaired) electrons. The molecule has 76 valence electrons. The molecule has 1 atom stereocenters. The zero-order valence-electron chi connectivity index (χ0n) is 8.64. The summed E-state index contributed by atoms with van der Waals surface area (Å²) in [5.41, 5.74) is 0.933. The summed E-state index contributed by atoms with van der Waals surface area (Å²) >= 11 is 0. The van der Waals surface area contributed by atoms with Crippen molar-refractivity contribution in [1.29, 1.82) is 0 Å². The standard InChI is InChI=1S/C11H16N2O/c1-8(14)9-5-6-12-11(7-9)13(2)10-3-4-10/h5-8,10,14H,3-4H2,1-2H3. The first-order valence-corrected chi connectivity index (χ1v) is 5.05. The molecule has 1 unspecified atom stereocenters. The summed E-state index contributed by atoms with van der Waals surface area (Å²) in [7, 11) is 2.06. The smallest absolute Gasteiger partial charge is 0.128 e. The number of hydrogen-bond acceptors (Lipinski definition) is 3. The lowest BCUT2D eigenvalue weighted by atomic mass is 10.2. The Hall–Kier alpha value is -1.09. The molecule has 0 spiro atoms. The third kappa shape index (κ3) is 1.87. The Balaban J connectivity index is 2.20. The van der Waals surface area contributed by atoms with Crippen LogP contribution >= 0.6 is 0 Å². The summed E-state index contributed by atoms with van der Waals surface area (Å²) in [5, 5.41) is 9.44. The maximum Gasteiger partial charge on any atom is 0.128 e. The van der Waals surface area contributed by atoms with Crippen LogP contribution in [-0.4, -0.2) is 23.2 Å². The lowest BCUT2D eigenvalue weighted by molar-refractivity contribution is 0.199. The van der Waals surface area contributed by atoms with E-state index >= 15 is 0 Å². The second-order valence-corrected chi connectivity index (χ2v) is 3.97. The van der Waals surface area contributed by atoms with Gasteiger partial charge >= 0.3 is 0 Å². The lowest BCUT2D eigenvalue weighted by Gasteiger charge is -2.18. The Kier molecular flexibility index (Phi) is 2.42. The summed E-state index contributed by atoms with van der Waals surface area (Å²) in [6.45, 7) is 1.77. The van der Waals surface area contributed by atoms with Crippen molar-refractivity contribution >= 4 is 5.82 Å². The van der Waals surface area contributed by atoms with Crippen LogP contribution < -0.4 is 4.90 Å². The Bertz CT molecular complexity index is 321. The summed E-state index contributed by atoms with van der Waals surface area (Å²) in [6, 6.07) is 4.48. The number of aliphatic hydroxyl groups excluding tert-OH is 1. The number of anilines is 1. The molecule has 3 heteroatoms. The van der Waals surface area contributed by atoms with Gasteiger partial charge in [-0.25, -0.2) is 4.98 Å². The topological polar surface area (TPSA) is 36.4 Å². The van der Waals surface area contributed by atoms with Crippen LogP contribution in [0, 0.1) is 0 Å². The van der Waals surface area contributed by atoms with E-state index in [1.807, 2.05) is 12.1 Å². The van der Waals surface area contributed by atoms with Crippen LogP contribution in [0.2, 0.25) is 0 Å². The van der Waals surface area contributed by atoms with Gasteiger partial charge in [-0.05, 0) is 37.5 Å². The maximum atomic E-state index is 9.44. The van der Waals surface area contributed by atoms with Gasteiger partial charge in [0, 0.05) is 19.3 Å². The van der Waals surface area contributed by atoms with E-state index in [2.05, 4.69) is 16.9 Å². The van der Waals surface area contributed by atoms with Crippen LogP contribution in [0.25, 0.3) is 0 Å². The number of rotatable bonds is 3. The van der Waals surface area contributed by atoms with E-state index in [1.54, 1.807) is 13.1 Å². The first-order valence-electron chi connectivity index (χ1n) is 5.05. The quantitative estimate of drug-likeness (QED) is 0.792. The third-order valence-corrected chi connectivity index (χ3v) is 2.71. The van der Waals surface area contributed by atoms with Gasteiger partial charge in [0.05, 0.1) is 6.10 Å². The first-order chi connectivity index (χ1) is 6.68. The van der Waals surface area contributed by atoms with Gasteiger partial charge in [0.2, 0.25) is 0 Å². The van der Waals surface area contributed by atoms with Gasteiger partial charge in [0.15, 0.2) is 0 Å². The molecule has 1 aliphatic carbocycles. The van der Waals surface area contributed by atoms with E-state index in [4.69, 9.17) is 0 Å². The van der Waals surface area contributed by atoms with Gasteiger partial charge in [0.25, 0.3) is 0 Å². The van der Waals surface area contributed by atoms with Gasteiger partial charge < -0.3 is 10.0 Å². The molecule has 14 heavy (non-hydrogen) atoms. The molecule has 1 fully saturated rings. The Morgan fingerprint density at radius 3 is 2.86 bits per heavy atom. The van der Waals surface area contributed by atoms with Crippen molar-refractivity contribution in [3.05, 3.63) is 23.9 Å². The van der Waals surface area contributed by atoms with E-state index in [0.29, 0.717) is 6.04 Å². The number of pyridine rings is 1. The largest absolute Gasteiger partial charge is 0.389 e. The lowest BCUT2D eigenvalue weighted by Crippen LogP contribution is -2.20. The molecule has 2 rings (SSSR count). The SMILES string of the molecule is CC(O)c1ccnc(N(C)C2CC2)c1. The van der Waals surface area contributed by atoms with Crippen LogP contribution in [0.3, 0.4) is 0 Å².